The van der Waals surface area contributed by atoms with Gasteiger partial charge in [0, 0.05) is 19.3 Å². The number of aliphatic carboxylic acids is 1. The summed E-state index contributed by atoms with van der Waals surface area (Å²) in [7, 11) is 0. The van der Waals surface area contributed by atoms with Crippen molar-refractivity contribution in [2.75, 3.05) is 6.54 Å². The molecule has 0 heterocycles. The standard InChI is InChI=1S/C18H24N2O6/c19-16(18(24)25)10-15(26-12-21)7-4-8-17(23)20-11-14(22)9-13-5-2-1-3-6-13/h1-3,5-6,12,15-16H,4,7-11,19H2,(H,20,23)(H,24,25)/t15?,16-/m0/s1. The van der Waals surface area contributed by atoms with Gasteiger partial charge in [0.25, 0.3) is 6.47 Å². The van der Waals surface area contributed by atoms with Crippen LogP contribution in [0.5, 0.6) is 0 Å². The van der Waals surface area contributed by atoms with E-state index in [-0.39, 0.29) is 44.0 Å². The van der Waals surface area contributed by atoms with Gasteiger partial charge in [-0.3, -0.25) is 19.2 Å². The molecule has 142 valence electrons. The molecule has 8 nitrogen and oxygen atoms in total. The maximum absolute atomic E-state index is 11.8. The quantitative estimate of drug-likeness (QED) is 0.432. The summed E-state index contributed by atoms with van der Waals surface area (Å²) >= 11 is 0. The molecule has 1 unspecified atom stereocenters. The second kappa shape index (κ2) is 11.8. The summed E-state index contributed by atoms with van der Waals surface area (Å²) in [6.07, 6.45) is 0.398. The number of ketones is 1. The summed E-state index contributed by atoms with van der Waals surface area (Å²) in [5.74, 6) is -1.57. The minimum absolute atomic E-state index is 0.0226. The number of nitrogens with one attached hydrogen (secondary N) is 1. The Labute approximate surface area is 151 Å². The van der Waals surface area contributed by atoms with Crippen LogP contribution >= 0.6 is 0 Å². The number of carboxylic acid groups (broad SMARTS) is 1. The summed E-state index contributed by atoms with van der Waals surface area (Å²) < 4.78 is 4.80. The van der Waals surface area contributed by atoms with E-state index in [1.165, 1.54) is 0 Å². The van der Waals surface area contributed by atoms with Crippen molar-refractivity contribution in [1.82, 2.24) is 5.32 Å². The molecule has 0 bridgehead atoms. The highest BCUT2D eigenvalue weighted by Gasteiger charge is 2.20. The first-order valence-corrected chi connectivity index (χ1v) is 8.32. The summed E-state index contributed by atoms with van der Waals surface area (Å²) in [6, 6.07) is 8.10. The van der Waals surface area contributed by atoms with Crippen molar-refractivity contribution in [2.24, 2.45) is 5.73 Å². The van der Waals surface area contributed by atoms with Gasteiger partial charge in [0.2, 0.25) is 5.91 Å². The Morgan fingerprint density at radius 3 is 2.54 bits per heavy atom. The minimum atomic E-state index is -1.18. The number of carbonyl (C=O) groups is 4. The highest BCUT2D eigenvalue weighted by molar-refractivity contribution is 5.87. The van der Waals surface area contributed by atoms with Crippen LogP contribution in [0, 0.1) is 0 Å². The predicted octanol–water partition coefficient (Wildman–Crippen LogP) is 0.428. The molecule has 26 heavy (non-hydrogen) atoms. The lowest BCUT2D eigenvalue weighted by Crippen LogP contribution is -2.35. The molecule has 0 saturated heterocycles. The van der Waals surface area contributed by atoms with Gasteiger partial charge in [0.15, 0.2) is 5.78 Å². The Morgan fingerprint density at radius 2 is 1.92 bits per heavy atom. The number of ether oxygens (including phenoxy) is 1. The molecule has 0 saturated carbocycles. The van der Waals surface area contributed by atoms with E-state index in [1.54, 1.807) is 0 Å². The van der Waals surface area contributed by atoms with E-state index in [2.05, 4.69) is 5.32 Å². The molecular weight excluding hydrogens is 340 g/mol. The number of rotatable bonds is 13. The lowest BCUT2D eigenvalue weighted by molar-refractivity contribution is -0.142. The molecular formula is C18H24N2O6. The molecule has 2 atom stereocenters. The van der Waals surface area contributed by atoms with Crippen LogP contribution in [0.25, 0.3) is 0 Å². The molecule has 0 fully saturated rings. The zero-order valence-corrected chi connectivity index (χ0v) is 14.4. The Balaban J connectivity index is 2.26. The van der Waals surface area contributed by atoms with E-state index < -0.39 is 18.1 Å². The van der Waals surface area contributed by atoms with Crippen LogP contribution < -0.4 is 11.1 Å². The molecule has 1 aromatic carbocycles. The smallest absolute Gasteiger partial charge is 0.320 e. The maximum Gasteiger partial charge on any atom is 0.320 e. The highest BCUT2D eigenvalue weighted by Crippen LogP contribution is 2.10. The van der Waals surface area contributed by atoms with E-state index >= 15 is 0 Å². The highest BCUT2D eigenvalue weighted by atomic mass is 16.5. The van der Waals surface area contributed by atoms with Crippen molar-refractivity contribution < 1.29 is 29.0 Å². The normalized spacial score (nSPS) is 12.7. The number of Topliss-reactive ketones (excluding diaryl/α,β-unsaturated/α-hetero) is 1. The molecule has 1 aromatic rings. The zero-order chi connectivity index (χ0) is 19.4. The van der Waals surface area contributed by atoms with Crippen molar-refractivity contribution in [3.8, 4) is 0 Å². The van der Waals surface area contributed by atoms with Crippen molar-refractivity contribution in [2.45, 2.75) is 44.2 Å². The van der Waals surface area contributed by atoms with Crippen LogP contribution in [0.4, 0.5) is 0 Å². The molecule has 4 N–H and O–H groups in total. The van der Waals surface area contributed by atoms with Crippen molar-refractivity contribution in [3.63, 3.8) is 0 Å². The van der Waals surface area contributed by atoms with Gasteiger partial charge < -0.3 is 20.9 Å². The summed E-state index contributed by atoms with van der Waals surface area (Å²) in [5.41, 5.74) is 6.30. The minimum Gasteiger partial charge on any atom is -0.480 e. The van der Waals surface area contributed by atoms with Gasteiger partial charge >= 0.3 is 5.97 Å². The van der Waals surface area contributed by atoms with Crippen molar-refractivity contribution in [1.29, 1.82) is 0 Å². The molecule has 8 heteroatoms. The Kier molecular flexibility index (Phi) is 9.63. The van der Waals surface area contributed by atoms with Crippen LogP contribution in [-0.2, 0) is 30.3 Å². The van der Waals surface area contributed by atoms with Crippen LogP contribution in [-0.4, -0.2) is 47.9 Å². The third kappa shape index (κ3) is 8.93. The first-order valence-electron chi connectivity index (χ1n) is 8.32. The van der Waals surface area contributed by atoms with Gasteiger partial charge in [-0.2, -0.15) is 0 Å². The number of amides is 1. The summed E-state index contributed by atoms with van der Waals surface area (Å²) in [6.45, 7) is 0.188. The average molecular weight is 364 g/mol. The largest absolute Gasteiger partial charge is 0.480 e. The number of carbonyl (C=O) groups excluding carboxylic acids is 3. The predicted molar refractivity (Wildman–Crippen MR) is 93.2 cm³/mol. The first-order chi connectivity index (χ1) is 12.4. The van der Waals surface area contributed by atoms with Gasteiger partial charge in [-0.25, -0.2) is 0 Å². The second-order valence-electron chi connectivity index (χ2n) is 5.90. The maximum atomic E-state index is 11.8. The van der Waals surface area contributed by atoms with Gasteiger partial charge in [-0.1, -0.05) is 30.3 Å². The van der Waals surface area contributed by atoms with E-state index in [4.69, 9.17) is 15.6 Å². The van der Waals surface area contributed by atoms with E-state index in [0.29, 0.717) is 12.8 Å². The first kappa shape index (κ1) is 21.3. The van der Waals surface area contributed by atoms with E-state index in [1.807, 2.05) is 30.3 Å². The number of carboxylic acids is 1. The van der Waals surface area contributed by atoms with Crippen LogP contribution in [0.3, 0.4) is 0 Å². The van der Waals surface area contributed by atoms with E-state index in [0.717, 1.165) is 5.56 Å². The zero-order valence-electron chi connectivity index (χ0n) is 14.4. The topological polar surface area (TPSA) is 136 Å². The molecule has 1 amide bonds. The monoisotopic (exact) mass is 364 g/mol. The van der Waals surface area contributed by atoms with Crippen LogP contribution in [0.2, 0.25) is 0 Å². The molecule has 1 rings (SSSR count). The molecule has 0 aromatic heterocycles. The van der Waals surface area contributed by atoms with Crippen LogP contribution in [0.1, 0.15) is 31.2 Å². The van der Waals surface area contributed by atoms with Gasteiger partial charge in [-0.05, 0) is 18.4 Å². The molecule has 0 spiro atoms. The molecule has 0 radical (unpaired) electrons. The number of hydrogen-bond donors (Lipinski definition) is 3. The van der Waals surface area contributed by atoms with Crippen LogP contribution in [0.15, 0.2) is 30.3 Å². The Bertz CT molecular complexity index is 605. The van der Waals surface area contributed by atoms with Gasteiger partial charge in [-0.15, -0.1) is 0 Å². The second-order valence-corrected chi connectivity index (χ2v) is 5.90. The summed E-state index contributed by atoms with van der Waals surface area (Å²) in [5, 5.41) is 11.3. The van der Waals surface area contributed by atoms with Gasteiger partial charge in [0.1, 0.15) is 12.1 Å². The fraction of sp³-hybridized carbons (Fsp3) is 0.444. The Morgan fingerprint density at radius 1 is 1.23 bits per heavy atom. The molecule has 0 aliphatic heterocycles. The van der Waals surface area contributed by atoms with E-state index in [9.17, 15) is 19.2 Å². The van der Waals surface area contributed by atoms with Gasteiger partial charge in [0.05, 0.1) is 6.54 Å². The SMILES string of the molecule is N[C@@H](CC(CCCC(=O)NCC(=O)Cc1ccccc1)OC=O)C(=O)O. The Hall–Kier alpha value is -2.74. The lowest BCUT2D eigenvalue weighted by atomic mass is 10.0. The van der Waals surface area contributed by atoms with Crippen molar-refractivity contribution >= 4 is 24.1 Å². The lowest BCUT2D eigenvalue weighted by Gasteiger charge is -2.17. The average Bonchev–Trinajstić information content (AvgIpc) is 2.61. The fourth-order valence-electron chi connectivity index (χ4n) is 2.37. The molecule has 0 aliphatic carbocycles. The number of nitrogens with two attached hydrogens (primary N) is 1. The third-order valence-electron chi connectivity index (χ3n) is 3.74. The number of hydrogen-bond acceptors (Lipinski definition) is 6. The third-order valence-corrected chi connectivity index (χ3v) is 3.74. The van der Waals surface area contributed by atoms with Crippen molar-refractivity contribution in [3.05, 3.63) is 35.9 Å². The molecule has 0 aliphatic rings. The summed E-state index contributed by atoms with van der Waals surface area (Å²) in [4.78, 5) is 44.8. The fourth-order valence-corrected chi connectivity index (χ4v) is 2.37. The number of benzene rings is 1.